The largest absolute Gasteiger partial charge is 0.326 e. The molecule has 0 saturated carbocycles. The number of nitrogens with zero attached hydrogens (tertiary/aromatic N) is 4. The van der Waals surface area contributed by atoms with Crippen molar-refractivity contribution in [1.29, 1.82) is 0 Å². The maximum atomic E-state index is 12.5. The molecule has 3 rings (SSSR count). The Morgan fingerprint density at radius 2 is 1.93 bits per heavy atom. The van der Waals surface area contributed by atoms with Crippen LogP contribution in [0.5, 0.6) is 0 Å². The number of hydrogen-bond donors (Lipinski definition) is 1. The highest BCUT2D eigenvalue weighted by atomic mass is 32.2. The van der Waals surface area contributed by atoms with E-state index in [1.807, 2.05) is 30.3 Å². The van der Waals surface area contributed by atoms with E-state index in [9.17, 15) is 9.59 Å². The van der Waals surface area contributed by atoms with Gasteiger partial charge in [0.1, 0.15) is 0 Å². The van der Waals surface area contributed by atoms with Crippen LogP contribution in [0.25, 0.3) is 5.69 Å². The SMILES string of the molecule is CCCc1ccc(C(=O)CSc2nnnn2-c2cccc(NC(C)=O)c2)cc1. The maximum Gasteiger partial charge on any atom is 0.221 e. The Morgan fingerprint density at radius 1 is 1.14 bits per heavy atom. The van der Waals surface area contributed by atoms with Crippen LogP contribution in [0.2, 0.25) is 0 Å². The third kappa shape index (κ3) is 5.04. The molecule has 0 aliphatic heterocycles. The molecule has 144 valence electrons. The number of aromatic nitrogens is 4. The number of Topliss-reactive ketones (excluding diaryl/α,β-unsaturated/α-hetero) is 1. The highest BCUT2D eigenvalue weighted by molar-refractivity contribution is 7.99. The first-order chi connectivity index (χ1) is 13.6. The Morgan fingerprint density at radius 3 is 2.64 bits per heavy atom. The van der Waals surface area contributed by atoms with Gasteiger partial charge in [0, 0.05) is 18.2 Å². The van der Waals surface area contributed by atoms with Gasteiger partial charge in [-0.05, 0) is 40.6 Å². The van der Waals surface area contributed by atoms with E-state index in [-0.39, 0.29) is 17.4 Å². The minimum absolute atomic E-state index is 0.0228. The number of amides is 1. The molecule has 8 heteroatoms. The molecule has 0 aliphatic rings. The second kappa shape index (κ2) is 9.27. The van der Waals surface area contributed by atoms with Gasteiger partial charge in [-0.1, -0.05) is 55.4 Å². The van der Waals surface area contributed by atoms with Crippen molar-refractivity contribution >= 4 is 29.1 Å². The molecular formula is C20H21N5O2S. The van der Waals surface area contributed by atoms with E-state index in [1.54, 1.807) is 22.9 Å². The summed E-state index contributed by atoms with van der Waals surface area (Å²) in [5, 5.41) is 15.0. The molecule has 0 fully saturated rings. The van der Waals surface area contributed by atoms with E-state index in [2.05, 4.69) is 27.8 Å². The maximum absolute atomic E-state index is 12.5. The molecule has 0 aliphatic carbocycles. The van der Waals surface area contributed by atoms with Gasteiger partial charge in [0.15, 0.2) is 5.78 Å². The standard InChI is InChI=1S/C20H21N5O2S/c1-3-5-15-8-10-16(11-9-15)19(27)13-28-20-22-23-24-25(20)18-7-4-6-17(12-18)21-14(2)26/h4,6-12H,3,5,13H2,1-2H3,(H,21,26). The summed E-state index contributed by atoms with van der Waals surface area (Å²) in [5.41, 5.74) is 3.27. The monoisotopic (exact) mass is 395 g/mol. The lowest BCUT2D eigenvalue weighted by Gasteiger charge is -2.07. The highest BCUT2D eigenvalue weighted by Gasteiger charge is 2.13. The van der Waals surface area contributed by atoms with Crippen molar-refractivity contribution in [2.45, 2.75) is 31.8 Å². The molecule has 1 heterocycles. The van der Waals surface area contributed by atoms with E-state index >= 15 is 0 Å². The number of anilines is 1. The Hall–Kier alpha value is -3.00. The molecule has 0 spiro atoms. The van der Waals surface area contributed by atoms with Crippen LogP contribution >= 0.6 is 11.8 Å². The van der Waals surface area contributed by atoms with Gasteiger partial charge in [-0.2, -0.15) is 4.68 Å². The van der Waals surface area contributed by atoms with E-state index < -0.39 is 0 Å². The van der Waals surface area contributed by atoms with Crippen LogP contribution in [0, 0.1) is 0 Å². The van der Waals surface area contributed by atoms with E-state index in [4.69, 9.17) is 0 Å². The van der Waals surface area contributed by atoms with E-state index in [1.165, 1.54) is 24.2 Å². The van der Waals surface area contributed by atoms with Crippen molar-refractivity contribution in [3.8, 4) is 5.69 Å². The minimum atomic E-state index is -0.154. The Bertz CT molecular complexity index is 969. The van der Waals surface area contributed by atoms with Crippen LogP contribution in [-0.2, 0) is 11.2 Å². The zero-order chi connectivity index (χ0) is 19.9. The number of carbonyl (C=O) groups excluding carboxylic acids is 2. The van der Waals surface area contributed by atoms with Crippen LogP contribution in [0.4, 0.5) is 5.69 Å². The molecule has 0 radical (unpaired) electrons. The number of aryl methyl sites for hydroxylation is 1. The molecule has 1 aromatic heterocycles. The van der Waals surface area contributed by atoms with Crippen LogP contribution in [0.3, 0.4) is 0 Å². The molecule has 2 aromatic carbocycles. The third-order valence-corrected chi connectivity index (χ3v) is 4.92. The highest BCUT2D eigenvalue weighted by Crippen LogP contribution is 2.21. The van der Waals surface area contributed by atoms with Gasteiger partial charge in [-0.25, -0.2) is 0 Å². The lowest BCUT2D eigenvalue weighted by atomic mass is 10.1. The summed E-state index contributed by atoms with van der Waals surface area (Å²) in [6, 6.07) is 14.9. The fourth-order valence-corrected chi connectivity index (χ4v) is 3.49. The van der Waals surface area contributed by atoms with Gasteiger partial charge < -0.3 is 5.32 Å². The van der Waals surface area contributed by atoms with Crippen LogP contribution < -0.4 is 5.32 Å². The topological polar surface area (TPSA) is 89.8 Å². The Kier molecular flexibility index (Phi) is 6.54. The lowest BCUT2D eigenvalue weighted by molar-refractivity contribution is -0.114. The van der Waals surface area contributed by atoms with Gasteiger partial charge in [0.25, 0.3) is 0 Å². The summed E-state index contributed by atoms with van der Waals surface area (Å²) in [6.45, 7) is 3.58. The first-order valence-electron chi connectivity index (χ1n) is 8.98. The lowest BCUT2D eigenvalue weighted by Crippen LogP contribution is -2.07. The zero-order valence-corrected chi connectivity index (χ0v) is 16.6. The van der Waals surface area contributed by atoms with E-state index in [0.717, 1.165) is 12.8 Å². The number of ketones is 1. The summed E-state index contributed by atoms with van der Waals surface area (Å²) in [7, 11) is 0. The van der Waals surface area contributed by atoms with Crippen molar-refractivity contribution in [3.05, 3.63) is 59.7 Å². The van der Waals surface area contributed by atoms with Gasteiger partial charge >= 0.3 is 0 Å². The molecule has 1 N–H and O–H groups in total. The summed E-state index contributed by atoms with van der Waals surface area (Å²) in [6.07, 6.45) is 2.09. The summed E-state index contributed by atoms with van der Waals surface area (Å²) >= 11 is 1.28. The number of benzene rings is 2. The van der Waals surface area contributed by atoms with Crippen LogP contribution in [-0.4, -0.2) is 37.7 Å². The number of nitrogens with one attached hydrogen (secondary N) is 1. The fraction of sp³-hybridized carbons (Fsp3) is 0.250. The Balaban J connectivity index is 1.69. The molecule has 0 saturated heterocycles. The van der Waals surface area contributed by atoms with Crippen LogP contribution in [0.15, 0.2) is 53.7 Å². The normalized spacial score (nSPS) is 10.6. The fourth-order valence-electron chi connectivity index (χ4n) is 2.71. The smallest absolute Gasteiger partial charge is 0.221 e. The van der Waals surface area contributed by atoms with Crippen molar-refractivity contribution in [2.75, 3.05) is 11.1 Å². The van der Waals surface area contributed by atoms with Crippen molar-refractivity contribution in [3.63, 3.8) is 0 Å². The van der Waals surface area contributed by atoms with Crippen molar-refractivity contribution in [1.82, 2.24) is 20.2 Å². The second-order valence-corrected chi connectivity index (χ2v) is 7.21. The quantitative estimate of drug-likeness (QED) is 0.463. The molecule has 0 unspecified atom stereocenters. The molecule has 1 amide bonds. The molecule has 3 aromatic rings. The summed E-state index contributed by atoms with van der Waals surface area (Å²) in [5.74, 6) is 0.104. The first kappa shape index (κ1) is 19.8. The number of rotatable bonds is 8. The van der Waals surface area contributed by atoms with Crippen molar-refractivity contribution in [2.24, 2.45) is 0 Å². The van der Waals surface area contributed by atoms with Crippen LogP contribution in [0.1, 0.15) is 36.2 Å². The third-order valence-electron chi connectivity index (χ3n) is 4.00. The number of carbonyl (C=O) groups is 2. The predicted octanol–water partition coefficient (Wildman–Crippen LogP) is 3.55. The van der Waals surface area contributed by atoms with Crippen molar-refractivity contribution < 1.29 is 9.59 Å². The summed E-state index contributed by atoms with van der Waals surface area (Å²) in [4.78, 5) is 23.7. The number of hydrogen-bond acceptors (Lipinski definition) is 6. The Labute approximate surface area is 167 Å². The minimum Gasteiger partial charge on any atom is -0.326 e. The second-order valence-electron chi connectivity index (χ2n) is 6.26. The average Bonchev–Trinajstić information content (AvgIpc) is 3.15. The molecule has 7 nitrogen and oxygen atoms in total. The molecular weight excluding hydrogens is 374 g/mol. The zero-order valence-electron chi connectivity index (χ0n) is 15.8. The van der Waals surface area contributed by atoms with Gasteiger partial charge in [-0.15, -0.1) is 5.10 Å². The average molecular weight is 395 g/mol. The van der Waals surface area contributed by atoms with Gasteiger partial charge in [0.05, 0.1) is 11.4 Å². The predicted molar refractivity (Wildman–Crippen MR) is 109 cm³/mol. The van der Waals surface area contributed by atoms with E-state index in [0.29, 0.717) is 22.1 Å². The molecule has 0 bridgehead atoms. The van der Waals surface area contributed by atoms with Gasteiger partial charge in [0.2, 0.25) is 11.1 Å². The summed E-state index contributed by atoms with van der Waals surface area (Å²) < 4.78 is 1.55. The molecule has 0 atom stereocenters. The van der Waals surface area contributed by atoms with Gasteiger partial charge in [-0.3, -0.25) is 9.59 Å². The first-order valence-corrected chi connectivity index (χ1v) is 9.96. The molecule has 28 heavy (non-hydrogen) atoms. The number of tetrazole rings is 1. The number of thioether (sulfide) groups is 1.